The van der Waals surface area contributed by atoms with Crippen LogP contribution in [-0.2, 0) is 10.0 Å². The summed E-state index contributed by atoms with van der Waals surface area (Å²) in [6.07, 6.45) is 3.04. The number of carbonyl (C=O) groups excluding carboxylic acids is 1. The molecule has 0 fully saturated rings. The van der Waals surface area contributed by atoms with E-state index in [1.54, 1.807) is 18.2 Å². The maximum atomic E-state index is 12.3. The molecule has 0 saturated heterocycles. The molecule has 0 aliphatic carbocycles. The Morgan fingerprint density at radius 1 is 1.08 bits per heavy atom. The largest absolute Gasteiger partial charge is 0.352 e. The second-order valence-electron chi connectivity index (χ2n) is 5.58. The van der Waals surface area contributed by atoms with Crippen LogP contribution in [0.5, 0.6) is 0 Å². The van der Waals surface area contributed by atoms with Crippen molar-refractivity contribution in [3.63, 3.8) is 0 Å². The molecule has 2 aromatic carbocycles. The Labute approximate surface area is 153 Å². The first-order valence-electron chi connectivity index (χ1n) is 8.09. The van der Waals surface area contributed by atoms with Gasteiger partial charge in [0.1, 0.15) is 0 Å². The first-order chi connectivity index (χ1) is 11.9. The maximum Gasteiger partial charge on any atom is 0.261 e. The van der Waals surface area contributed by atoms with E-state index in [-0.39, 0.29) is 15.8 Å². The van der Waals surface area contributed by atoms with Gasteiger partial charge in [-0.3, -0.25) is 9.52 Å². The van der Waals surface area contributed by atoms with Gasteiger partial charge in [0, 0.05) is 6.54 Å². The minimum absolute atomic E-state index is 0.156. The summed E-state index contributed by atoms with van der Waals surface area (Å²) in [5.41, 5.74) is 0.622. The number of hydrogen-bond acceptors (Lipinski definition) is 3. The highest BCUT2D eigenvalue weighted by atomic mass is 35.5. The molecule has 0 saturated carbocycles. The number of unbranched alkanes of at least 4 members (excludes halogenated alkanes) is 2. The Balaban J connectivity index is 2.08. The summed E-state index contributed by atoms with van der Waals surface area (Å²) < 4.78 is 27.1. The summed E-state index contributed by atoms with van der Waals surface area (Å²) in [6.45, 7) is 2.68. The molecule has 2 aromatic rings. The third-order valence-electron chi connectivity index (χ3n) is 3.59. The molecule has 1 amide bonds. The fourth-order valence-electron chi connectivity index (χ4n) is 2.25. The lowest BCUT2D eigenvalue weighted by Gasteiger charge is -2.11. The van der Waals surface area contributed by atoms with Crippen molar-refractivity contribution < 1.29 is 13.2 Å². The minimum atomic E-state index is -3.69. The number of amides is 1. The van der Waals surface area contributed by atoms with E-state index in [2.05, 4.69) is 17.0 Å². The van der Waals surface area contributed by atoms with Crippen LogP contribution in [0.4, 0.5) is 5.69 Å². The second kappa shape index (κ2) is 8.87. The number of nitrogens with one attached hydrogen (secondary N) is 2. The fraction of sp³-hybridized carbons (Fsp3) is 0.278. The smallest absolute Gasteiger partial charge is 0.261 e. The van der Waals surface area contributed by atoms with Crippen LogP contribution in [-0.4, -0.2) is 20.9 Å². The molecule has 2 N–H and O–H groups in total. The standard InChI is InChI=1S/C18H21ClN2O3S/c1-2-3-7-12-20-18(22)16-11-10-14(13-17(16)19)21-25(23,24)15-8-5-4-6-9-15/h4-6,8-11,13,21H,2-3,7,12H2,1H3,(H,20,22). The molecular weight excluding hydrogens is 360 g/mol. The van der Waals surface area contributed by atoms with Crippen molar-refractivity contribution in [2.45, 2.75) is 31.1 Å². The van der Waals surface area contributed by atoms with Gasteiger partial charge >= 0.3 is 0 Å². The summed E-state index contributed by atoms with van der Waals surface area (Å²) in [4.78, 5) is 12.3. The molecule has 0 aliphatic heterocycles. The number of rotatable bonds is 8. The molecule has 0 radical (unpaired) electrons. The average Bonchev–Trinajstić information content (AvgIpc) is 2.59. The Kier molecular flexibility index (Phi) is 6.84. The minimum Gasteiger partial charge on any atom is -0.352 e. The number of sulfonamides is 1. The third kappa shape index (κ3) is 5.47. The van der Waals surface area contributed by atoms with E-state index in [4.69, 9.17) is 11.6 Å². The lowest BCUT2D eigenvalue weighted by atomic mass is 10.2. The van der Waals surface area contributed by atoms with Gasteiger partial charge in [0.25, 0.3) is 15.9 Å². The predicted octanol–water partition coefficient (Wildman–Crippen LogP) is 4.06. The monoisotopic (exact) mass is 380 g/mol. The van der Waals surface area contributed by atoms with Crippen molar-refractivity contribution in [1.82, 2.24) is 5.32 Å². The lowest BCUT2D eigenvalue weighted by molar-refractivity contribution is 0.0953. The summed E-state index contributed by atoms with van der Waals surface area (Å²) in [5.74, 6) is -0.265. The first kappa shape index (κ1) is 19.3. The molecule has 0 aromatic heterocycles. The number of anilines is 1. The number of carbonyl (C=O) groups is 1. The highest BCUT2D eigenvalue weighted by Gasteiger charge is 2.15. The molecule has 25 heavy (non-hydrogen) atoms. The van der Waals surface area contributed by atoms with Gasteiger partial charge < -0.3 is 5.32 Å². The van der Waals surface area contributed by atoms with Crippen molar-refractivity contribution >= 4 is 33.2 Å². The highest BCUT2D eigenvalue weighted by molar-refractivity contribution is 7.92. The predicted molar refractivity (Wildman–Crippen MR) is 101 cm³/mol. The van der Waals surface area contributed by atoms with Gasteiger partial charge in [-0.15, -0.1) is 0 Å². The topological polar surface area (TPSA) is 75.3 Å². The van der Waals surface area contributed by atoms with E-state index in [1.807, 2.05) is 0 Å². The Morgan fingerprint density at radius 3 is 2.44 bits per heavy atom. The van der Waals surface area contributed by atoms with E-state index in [9.17, 15) is 13.2 Å². The molecule has 5 nitrogen and oxygen atoms in total. The molecular formula is C18H21ClN2O3S. The van der Waals surface area contributed by atoms with Crippen molar-refractivity contribution in [3.05, 3.63) is 59.1 Å². The molecule has 0 aliphatic rings. The van der Waals surface area contributed by atoms with Crippen LogP contribution < -0.4 is 10.0 Å². The molecule has 0 bridgehead atoms. The molecule has 0 unspecified atom stereocenters. The van der Waals surface area contributed by atoms with Gasteiger partial charge in [-0.1, -0.05) is 49.6 Å². The van der Waals surface area contributed by atoms with E-state index >= 15 is 0 Å². The zero-order chi connectivity index (χ0) is 18.3. The third-order valence-corrected chi connectivity index (χ3v) is 5.30. The molecule has 2 rings (SSSR count). The van der Waals surface area contributed by atoms with Crippen LogP contribution in [0.1, 0.15) is 36.5 Å². The van der Waals surface area contributed by atoms with Crippen molar-refractivity contribution in [3.8, 4) is 0 Å². The van der Waals surface area contributed by atoms with Crippen LogP contribution in [0.25, 0.3) is 0 Å². The van der Waals surface area contributed by atoms with Crippen molar-refractivity contribution in [2.24, 2.45) is 0 Å². The van der Waals surface area contributed by atoms with Gasteiger partial charge in [-0.05, 0) is 36.8 Å². The number of hydrogen-bond donors (Lipinski definition) is 2. The van der Waals surface area contributed by atoms with E-state index in [0.29, 0.717) is 17.8 Å². The summed E-state index contributed by atoms with van der Waals surface area (Å²) in [5, 5.41) is 3.00. The first-order valence-corrected chi connectivity index (χ1v) is 9.96. The number of benzene rings is 2. The maximum absolute atomic E-state index is 12.3. The molecule has 134 valence electrons. The van der Waals surface area contributed by atoms with Gasteiger partial charge in [0.05, 0.1) is 21.2 Å². The second-order valence-corrected chi connectivity index (χ2v) is 7.67. The normalized spacial score (nSPS) is 11.1. The molecule has 0 atom stereocenters. The highest BCUT2D eigenvalue weighted by Crippen LogP contribution is 2.23. The van der Waals surface area contributed by atoms with E-state index in [0.717, 1.165) is 19.3 Å². The lowest BCUT2D eigenvalue weighted by Crippen LogP contribution is -2.24. The van der Waals surface area contributed by atoms with E-state index < -0.39 is 10.0 Å². The van der Waals surface area contributed by atoms with Gasteiger partial charge in [0.15, 0.2) is 0 Å². The quantitative estimate of drug-likeness (QED) is 0.678. The average molecular weight is 381 g/mol. The van der Waals surface area contributed by atoms with Gasteiger partial charge in [-0.25, -0.2) is 8.42 Å². The summed E-state index contributed by atoms with van der Waals surface area (Å²) >= 11 is 6.14. The Morgan fingerprint density at radius 2 is 1.80 bits per heavy atom. The van der Waals surface area contributed by atoms with Crippen LogP contribution in [0.3, 0.4) is 0 Å². The SMILES string of the molecule is CCCCCNC(=O)c1ccc(NS(=O)(=O)c2ccccc2)cc1Cl. The van der Waals surface area contributed by atoms with Crippen molar-refractivity contribution in [1.29, 1.82) is 0 Å². The number of halogens is 1. The Hall–Kier alpha value is -2.05. The Bertz CT molecular complexity index is 823. The zero-order valence-corrected chi connectivity index (χ0v) is 15.5. The fourth-order valence-corrected chi connectivity index (χ4v) is 3.59. The molecule has 0 heterocycles. The van der Waals surface area contributed by atoms with Crippen LogP contribution in [0, 0.1) is 0 Å². The van der Waals surface area contributed by atoms with Crippen LogP contribution in [0.15, 0.2) is 53.4 Å². The summed E-state index contributed by atoms with van der Waals surface area (Å²) in [7, 11) is -3.69. The summed E-state index contributed by atoms with van der Waals surface area (Å²) in [6, 6.07) is 12.5. The van der Waals surface area contributed by atoms with Crippen molar-refractivity contribution in [2.75, 3.05) is 11.3 Å². The van der Waals surface area contributed by atoms with Crippen LogP contribution in [0.2, 0.25) is 5.02 Å². The van der Waals surface area contributed by atoms with Gasteiger partial charge in [-0.2, -0.15) is 0 Å². The zero-order valence-electron chi connectivity index (χ0n) is 14.0. The molecule has 7 heteroatoms. The van der Waals surface area contributed by atoms with Gasteiger partial charge in [0.2, 0.25) is 0 Å². The van der Waals surface area contributed by atoms with E-state index in [1.165, 1.54) is 30.3 Å². The molecule has 0 spiro atoms. The van der Waals surface area contributed by atoms with Crippen LogP contribution >= 0.6 is 11.6 Å².